The number of amidine groups is 6. The van der Waals surface area contributed by atoms with E-state index in [2.05, 4.69) is 30.0 Å². The van der Waals surface area contributed by atoms with Crippen LogP contribution in [0.3, 0.4) is 0 Å². The molecule has 12 aliphatic heterocycles. The quantitative estimate of drug-likeness (QED) is 0.0863. The van der Waals surface area contributed by atoms with E-state index in [1.807, 2.05) is 20.8 Å². The number of ether oxygens (including phenoxy) is 6. The molecule has 0 spiro atoms. The Balaban J connectivity index is 0.000000172. The van der Waals surface area contributed by atoms with Crippen LogP contribution < -0.4 is 45.9 Å². The van der Waals surface area contributed by atoms with Crippen molar-refractivity contribution in [3.63, 3.8) is 0 Å². The minimum Gasteiger partial charge on any atom is -0.394 e. The molecule has 0 saturated carbocycles. The Labute approximate surface area is 583 Å². The minimum absolute atomic E-state index is 0.0263. The fourth-order valence-electron chi connectivity index (χ4n) is 12.6. The topological polar surface area (TPSA) is 723 Å². The zero-order valence-electron chi connectivity index (χ0n) is 56.3. The first-order valence-corrected chi connectivity index (χ1v) is 32.9. The first-order chi connectivity index (χ1) is 48.1. The number of hydrogen-bond donors (Lipinski definition) is 21. The molecular weight excluding hydrogens is 1360 g/mol. The third kappa shape index (κ3) is 20.2. The highest BCUT2D eigenvalue weighted by molar-refractivity contribution is 5.99. The van der Waals surface area contributed by atoms with Crippen LogP contribution in [0.2, 0.25) is 0 Å². The van der Waals surface area contributed by atoms with Gasteiger partial charge in [0.05, 0.1) is 94.9 Å². The second-order valence-electron chi connectivity index (χ2n) is 25.9. The van der Waals surface area contributed by atoms with E-state index >= 15 is 0 Å². The van der Waals surface area contributed by atoms with Crippen LogP contribution in [0.1, 0.15) is 85.0 Å². The van der Waals surface area contributed by atoms with Gasteiger partial charge in [-0.3, -0.25) is 29.4 Å². The van der Waals surface area contributed by atoms with Crippen molar-refractivity contribution in [3.05, 3.63) is 0 Å². The summed E-state index contributed by atoms with van der Waals surface area (Å²) in [6.07, 6.45) is -11.4. The van der Waals surface area contributed by atoms with Crippen LogP contribution in [0.15, 0.2) is 30.0 Å². The Morgan fingerprint density at radius 2 is 0.627 bits per heavy atom. The van der Waals surface area contributed by atoms with Crippen LogP contribution in [-0.2, 0) is 28.4 Å². The van der Waals surface area contributed by atoms with Crippen LogP contribution >= 0.6 is 0 Å². The molecule has 0 bridgehead atoms. The Morgan fingerprint density at radius 1 is 0.353 bits per heavy atom. The Hall–Kier alpha value is -7.20. The minimum atomic E-state index is -1.12. The summed E-state index contributed by atoms with van der Waals surface area (Å²) in [7, 11) is 0. The molecular formula is C57H98N20O25. The predicted molar refractivity (Wildman–Crippen MR) is 350 cm³/mol. The van der Waals surface area contributed by atoms with Crippen molar-refractivity contribution in [3.8, 4) is 0 Å². The van der Waals surface area contributed by atoms with Gasteiger partial charge in [0.15, 0.2) is 0 Å². The standard InChI is InChI=1S/3C10H17N3O4.2C9H16N4O4.C9H15N3O5/c1-5-3-13(10(16)12-9(5)11)8-2-6(15)7(4-14)17-8;2*1-5-2-8(11)12-10(16)13(5)9-3-6(15)7(4-14)17-9;10-4-2-13(9(16)12-8(4)11)7-1-5(15)6(3-14)17-7;10-6-2-7(11)13(9(16)12-6)8-1-4(15)5(3-14)17-8;10-6-2-7(15)12(9(16)11-6)8-1-4(14)5(3-13)17-8/h5-8,14-15H,2-4H2,1H3,(H2,11,12,16);2*5-7,9,14-15H,2-4H2,1H3,(H2,11,12,16);4-7,14-15H,1-3,10H2,(H2,11,12,16);4-5,7-8,14-15H,1-3,11H2,(H2,10,12,16);4-5,7-8,13-15H,1-3H2,(H2,10,11,16). The third-order valence-corrected chi connectivity index (χ3v) is 18.2. The van der Waals surface area contributed by atoms with Gasteiger partial charge < -0.3 is 141 Å². The second-order valence-corrected chi connectivity index (χ2v) is 25.9. The summed E-state index contributed by atoms with van der Waals surface area (Å²) in [6, 6.07) is -3.90. The molecule has 12 rings (SSSR count). The van der Waals surface area contributed by atoms with Gasteiger partial charge in [-0.25, -0.2) is 28.8 Å². The summed E-state index contributed by atoms with van der Waals surface area (Å²) in [6.45, 7) is 4.45. The van der Waals surface area contributed by atoms with Crippen LogP contribution in [-0.4, -0.2) is 361 Å². The van der Waals surface area contributed by atoms with Crippen molar-refractivity contribution >= 4 is 71.2 Å². The second kappa shape index (κ2) is 36.5. The fraction of sp³-hybridized carbons (Fsp3) is 0.789. The van der Waals surface area contributed by atoms with E-state index in [1.54, 1.807) is 0 Å². The number of aliphatic hydroxyl groups excluding tert-OH is 13. The predicted octanol–water partition coefficient (Wildman–Crippen LogP) is -9.61. The van der Waals surface area contributed by atoms with E-state index < -0.39 is 165 Å². The average Bonchev–Trinajstić information content (AvgIpc) is 1.68. The summed E-state index contributed by atoms with van der Waals surface area (Å²) in [5, 5.41) is 121. The highest BCUT2D eigenvalue weighted by Gasteiger charge is 2.48. The van der Waals surface area contributed by atoms with E-state index in [1.165, 1.54) is 24.5 Å². The Kier molecular flexibility index (Phi) is 29.4. The molecule has 45 nitrogen and oxygen atoms in total. The molecule has 0 aromatic rings. The molecule has 576 valence electrons. The highest BCUT2D eigenvalue weighted by Crippen LogP contribution is 2.33. The van der Waals surface area contributed by atoms with E-state index in [0.29, 0.717) is 43.3 Å². The largest absolute Gasteiger partial charge is 0.394 e. The lowest BCUT2D eigenvalue weighted by atomic mass is 10.1. The number of aliphatic hydroxyl groups is 13. The number of nitrogens with two attached hydrogens (primary N) is 8. The molecule has 102 heavy (non-hydrogen) atoms. The SMILES string of the molecule is CC1CC(N)=NC(=O)N1C1CC(O)C(CO)O1.CC1CC(N)=NC(=O)N1C1CC(O)C(CO)O1.CC1CN(C2CC(O)C(CO)O2)C(=O)N=C1N.NC1=NC(=O)N(C2CC(O)C(CO)O2)C(N)C1.NC1=NC(=O)N(C2CC(O)C(CO)O2)C(O)C1.NC1=NC(=O)N(C2CC(O)C(CO)O2)CC1N. The molecule has 24 unspecified atom stereocenters. The zero-order valence-corrected chi connectivity index (χ0v) is 56.3. The number of carbonyl (C=O) groups is 6. The van der Waals surface area contributed by atoms with Crippen LogP contribution in [0.5, 0.6) is 0 Å². The molecule has 12 amide bonds. The Bertz CT molecular complexity index is 2780. The maximum Gasteiger partial charge on any atom is 0.349 e. The van der Waals surface area contributed by atoms with Gasteiger partial charge in [0, 0.05) is 88.9 Å². The van der Waals surface area contributed by atoms with Crippen molar-refractivity contribution in [2.24, 2.45) is 81.7 Å². The first kappa shape index (κ1) is 82.1. The molecule has 24 atom stereocenters. The van der Waals surface area contributed by atoms with Gasteiger partial charge in [-0.2, -0.15) is 30.0 Å². The lowest BCUT2D eigenvalue weighted by Gasteiger charge is -2.34. The highest BCUT2D eigenvalue weighted by atomic mass is 16.6. The van der Waals surface area contributed by atoms with Gasteiger partial charge in [0.1, 0.15) is 115 Å². The molecule has 29 N–H and O–H groups in total. The number of hydrogen-bond acceptors (Lipinski definition) is 33. The lowest BCUT2D eigenvalue weighted by molar-refractivity contribution is -0.108. The third-order valence-electron chi connectivity index (χ3n) is 18.2. The molecule has 6 saturated heterocycles. The van der Waals surface area contributed by atoms with E-state index in [4.69, 9.17) is 105 Å². The van der Waals surface area contributed by atoms with Crippen molar-refractivity contribution in [2.45, 2.75) is 226 Å². The maximum absolute atomic E-state index is 11.7. The monoisotopic (exact) mass is 1460 g/mol. The van der Waals surface area contributed by atoms with Gasteiger partial charge in [0.25, 0.3) is 0 Å². The van der Waals surface area contributed by atoms with E-state index in [9.17, 15) is 64.5 Å². The van der Waals surface area contributed by atoms with Crippen molar-refractivity contribution in [2.75, 3.05) is 52.7 Å². The number of carbonyl (C=O) groups excluding carboxylic acids is 6. The maximum atomic E-state index is 11.7. The summed E-state index contributed by atoms with van der Waals surface area (Å²) >= 11 is 0. The summed E-state index contributed by atoms with van der Waals surface area (Å²) in [5.41, 5.74) is 44.4. The van der Waals surface area contributed by atoms with Crippen molar-refractivity contribution in [1.29, 1.82) is 0 Å². The molecule has 0 aromatic heterocycles. The summed E-state index contributed by atoms with van der Waals surface area (Å²) < 4.78 is 32.3. The average molecular weight is 1460 g/mol. The number of nitrogens with zero attached hydrogens (tertiary/aromatic N) is 12. The number of amides is 12. The van der Waals surface area contributed by atoms with Crippen molar-refractivity contribution < 1.29 is 124 Å². The van der Waals surface area contributed by atoms with Crippen LogP contribution in [0.25, 0.3) is 0 Å². The molecule has 6 fully saturated rings. The molecule has 12 heterocycles. The molecule has 0 radical (unpaired) electrons. The zero-order chi connectivity index (χ0) is 75.5. The van der Waals surface area contributed by atoms with Gasteiger partial charge in [-0.1, -0.05) is 6.92 Å². The Morgan fingerprint density at radius 3 is 0.951 bits per heavy atom. The molecule has 12 aliphatic rings. The normalized spacial score (nSPS) is 38.4. The first-order valence-electron chi connectivity index (χ1n) is 32.9. The number of urea groups is 6. The van der Waals surface area contributed by atoms with Crippen LogP contribution in [0.4, 0.5) is 28.8 Å². The van der Waals surface area contributed by atoms with Gasteiger partial charge in [0.2, 0.25) is 0 Å². The van der Waals surface area contributed by atoms with Gasteiger partial charge in [-0.15, -0.1) is 0 Å². The van der Waals surface area contributed by atoms with E-state index in [-0.39, 0.29) is 127 Å². The lowest BCUT2D eigenvalue weighted by Crippen LogP contribution is -2.55. The van der Waals surface area contributed by atoms with Gasteiger partial charge in [-0.05, 0) is 13.8 Å². The molecule has 45 heteroatoms. The summed E-state index contributed by atoms with van der Waals surface area (Å²) in [5.74, 6) is 1.28. The molecule has 0 aromatic carbocycles. The van der Waals surface area contributed by atoms with E-state index in [0.717, 1.165) is 4.90 Å². The van der Waals surface area contributed by atoms with Crippen LogP contribution in [0, 0.1) is 5.92 Å². The fourth-order valence-corrected chi connectivity index (χ4v) is 12.6. The number of rotatable bonds is 12. The smallest absolute Gasteiger partial charge is 0.349 e. The van der Waals surface area contributed by atoms with Gasteiger partial charge >= 0.3 is 36.2 Å². The summed E-state index contributed by atoms with van der Waals surface area (Å²) in [4.78, 5) is 99.8. The van der Waals surface area contributed by atoms with Crippen molar-refractivity contribution in [1.82, 2.24) is 29.4 Å². The molecule has 0 aliphatic carbocycles. The number of aliphatic imine (C=N–C) groups is 6.